The molecule has 1 heterocycles. The zero-order valence-corrected chi connectivity index (χ0v) is 12.5. The third kappa shape index (κ3) is 2.71. The minimum absolute atomic E-state index is 0.275. The number of Topliss-reactive ketones (excluding diaryl/α,β-unsaturated/α-hetero) is 1. The highest BCUT2D eigenvalue weighted by Gasteiger charge is 2.30. The minimum atomic E-state index is 0.275. The van der Waals surface area contributed by atoms with Crippen molar-refractivity contribution in [1.29, 1.82) is 0 Å². The summed E-state index contributed by atoms with van der Waals surface area (Å²) < 4.78 is 5.70. The van der Waals surface area contributed by atoms with Gasteiger partial charge >= 0.3 is 0 Å². The van der Waals surface area contributed by atoms with Gasteiger partial charge in [0, 0.05) is 28.9 Å². The second-order valence-electron chi connectivity index (χ2n) is 6.12. The highest BCUT2D eigenvalue weighted by Crippen LogP contribution is 2.33. The molecular formula is C19H19NO2. The summed E-state index contributed by atoms with van der Waals surface area (Å²) >= 11 is 0. The van der Waals surface area contributed by atoms with Crippen LogP contribution >= 0.6 is 0 Å². The molecule has 112 valence electrons. The third-order valence-electron chi connectivity index (χ3n) is 4.32. The van der Waals surface area contributed by atoms with Crippen LogP contribution in [0.15, 0.2) is 42.5 Å². The van der Waals surface area contributed by atoms with E-state index in [0.717, 1.165) is 55.0 Å². The predicted molar refractivity (Wildman–Crippen MR) is 87.0 cm³/mol. The summed E-state index contributed by atoms with van der Waals surface area (Å²) in [6.45, 7) is 0.800. The Labute approximate surface area is 130 Å². The monoisotopic (exact) mass is 293 g/mol. The molecule has 0 amide bonds. The quantitative estimate of drug-likeness (QED) is 0.852. The number of ketones is 1. The molecule has 22 heavy (non-hydrogen) atoms. The van der Waals surface area contributed by atoms with Crippen molar-refractivity contribution < 1.29 is 9.53 Å². The molecule has 0 unspecified atom stereocenters. The van der Waals surface area contributed by atoms with Crippen LogP contribution in [0.25, 0.3) is 0 Å². The topological polar surface area (TPSA) is 38.3 Å². The minimum Gasteiger partial charge on any atom is -0.493 e. The van der Waals surface area contributed by atoms with Crippen LogP contribution in [0.3, 0.4) is 0 Å². The average molecular weight is 293 g/mol. The van der Waals surface area contributed by atoms with E-state index in [1.165, 1.54) is 5.56 Å². The lowest BCUT2D eigenvalue weighted by molar-refractivity contribution is 0.0967. The van der Waals surface area contributed by atoms with E-state index in [1.807, 2.05) is 24.3 Å². The van der Waals surface area contributed by atoms with Gasteiger partial charge in [-0.1, -0.05) is 6.07 Å². The van der Waals surface area contributed by atoms with Gasteiger partial charge in [0.25, 0.3) is 0 Å². The zero-order chi connectivity index (χ0) is 14.9. The Morgan fingerprint density at radius 3 is 2.59 bits per heavy atom. The molecule has 4 rings (SSSR count). The molecule has 1 aliphatic carbocycles. The lowest BCUT2D eigenvalue weighted by Gasteiger charge is -2.18. The van der Waals surface area contributed by atoms with Gasteiger partial charge in [-0.05, 0) is 61.6 Å². The van der Waals surface area contributed by atoms with Crippen LogP contribution in [-0.2, 0) is 6.42 Å². The van der Waals surface area contributed by atoms with E-state index in [1.54, 1.807) is 0 Å². The van der Waals surface area contributed by atoms with Crippen molar-refractivity contribution in [2.45, 2.75) is 25.7 Å². The summed E-state index contributed by atoms with van der Waals surface area (Å²) in [6, 6.07) is 14.0. The van der Waals surface area contributed by atoms with Crippen molar-refractivity contribution in [2.24, 2.45) is 5.92 Å². The van der Waals surface area contributed by atoms with Gasteiger partial charge in [0.1, 0.15) is 5.75 Å². The molecule has 2 aliphatic rings. The number of carbonyl (C=O) groups excluding carboxylic acids is 1. The van der Waals surface area contributed by atoms with Gasteiger partial charge in [0.05, 0.1) is 6.61 Å². The first-order valence-electron chi connectivity index (χ1n) is 7.97. The van der Waals surface area contributed by atoms with E-state index in [-0.39, 0.29) is 11.7 Å². The fraction of sp³-hybridized carbons (Fsp3) is 0.316. The number of nitrogens with one attached hydrogen (secondary N) is 1. The van der Waals surface area contributed by atoms with Gasteiger partial charge in [-0.25, -0.2) is 0 Å². The number of hydrogen-bond acceptors (Lipinski definition) is 3. The molecule has 0 radical (unpaired) electrons. The summed E-state index contributed by atoms with van der Waals surface area (Å²) in [7, 11) is 0. The molecule has 0 atom stereocenters. The van der Waals surface area contributed by atoms with E-state index in [2.05, 4.69) is 23.5 Å². The average Bonchev–Trinajstić information content (AvgIpc) is 3.40. The van der Waals surface area contributed by atoms with Gasteiger partial charge in [-0.15, -0.1) is 0 Å². The van der Waals surface area contributed by atoms with Crippen LogP contribution in [0.5, 0.6) is 5.75 Å². The Hall–Kier alpha value is -2.29. The largest absolute Gasteiger partial charge is 0.493 e. The van der Waals surface area contributed by atoms with Crippen LogP contribution in [0.2, 0.25) is 0 Å². The Balaban J connectivity index is 1.49. The Morgan fingerprint density at radius 1 is 1.05 bits per heavy atom. The van der Waals surface area contributed by atoms with E-state index in [9.17, 15) is 4.79 Å². The maximum atomic E-state index is 12.0. The van der Waals surface area contributed by atoms with Crippen LogP contribution in [0.1, 0.15) is 35.2 Å². The lowest BCUT2D eigenvalue weighted by atomic mass is 10.1. The number of fused-ring (bicyclic) bond motifs is 1. The Bertz CT molecular complexity index is 702. The van der Waals surface area contributed by atoms with Crippen LogP contribution in [0.4, 0.5) is 11.4 Å². The summed E-state index contributed by atoms with van der Waals surface area (Å²) in [5.74, 6) is 1.54. The summed E-state index contributed by atoms with van der Waals surface area (Å²) in [6.07, 6.45) is 4.28. The highest BCUT2D eigenvalue weighted by molar-refractivity contribution is 5.99. The molecule has 1 aliphatic heterocycles. The van der Waals surface area contributed by atoms with Gasteiger partial charge in [-0.3, -0.25) is 4.79 Å². The fourth-order valence-electron chi connectivity index (χ4n) is 2.88. The number of carbonyl (C=O) groups is 1. The summed E-state index contributed by atoms with van der Waals surface area (Å²) in [5.41, 5.74) is 4.11. The van der Waals surface area contributed by atoms with Crippen molar-refractivity contribution >= 4 is 17.2 Å². The van der Waals surface area contributed by atoms with Gasteiger partial charge in [-0.2, -0.15) is 0 Å². The first kappa shape index (κ1) is 13.4. The molecule has 0 saturated heterocycles. The number of rotatable bonds is 4. The van der Waals surface area contributed by atoms with E-state index in [4.69, 9.17) is 4.74 Å². The molecule has 3 heteroatoms. The van der Waals surface area contributed by atoms with E-state index < -0.39 is 0 Å². The van der Waals surface area contributed by atoms with E-state index in [0.29, 0.717) is 0 Å². The maximum Gasteiger partial charge on any atom is 0.165 e. The van der Waals surface area contributed by atoms with Crippen molar-refractivity contribution in [1.82, 2.24) is 0 Å². The zero-order valence-electron chi connectivity index (χ0n) is 12.5. The first-order valence-corrected chi connectivity index (χ1v) is 7.97. The van der Waals surface area contributed by atoms with Gasteiger partial charge < -0.3 is 10.1 Å². The van der Waals surface area contributed by atoms with E-state index >= 15 is 0 Å². The summed E-state index contributed by atoms with van der Waals surface area (Å²) in [5, 5.41) is 3.37. The molecule has 0 bridgehead atoms. The third-order valence-corrected chi connectivity index (χ3v) is 4.32. The van der Waals surface area contributed by atoms with Gasteiger partial charge in [0.15, 0.2) is 5.78 Å². The standard InChI is InChI=1S/C19H19NO2/c21-19(14-3-4-14)15-6-8-16(9-7-15)20-17-10-5-13-2-1-11-22-18(13)12-17/h5-10,12,14,20H,1-4,11H2. The molecule has 2 aromatic rings. The molecule has 3 nitrogen and oxygen atoms in total. The number of aryl methyl sites for hydroxylation is 1. The SMILES string of the molecule is O=C(c1ccc(Nc2ccc3c(c2)OCCC3)cc1)C1CC1. The second-order valence-corrected chi connectivity index (χ2v) is 6.12. The smallest absolute Gasteiger partial charge is 0.165 e. The normalized spacial score (nSPS) is 16.5. The van der Waals surface area contributed by atoms with Gasteiger partial charge in [0.2, 0.25) is 0 Å². The molecule has 0 spiro atoms. The first-order chi connectivity index (χ1) is 10.8. The molecule has 0 aromatic heterocycles. The Morgan fingerprint density at radius 2 is 1.82 bits per heavy atom. The molecule has 1 saturated carbocycles. The number of hydrogen-bond donors (Lipinski definition) is 1. The molecule has 2 aromatic carbocycles. The van der Waals surface area contributed by atoms with Crippen molar-refractivity contribution in [2.75, 3.05) is 11.9 Å². The fourth-order valence-corrected chi connectivity index (χ4v) is 2.88. The molecule has 1 N–H and O–H groups in total. The van der Waals surface area contributed by atoms with Crippen LogP contribution < -0.4 is 10.1 Å². The second kappa shape index (κ2) is 5.48. The van der Waals surface area contributed by atoms with Crippen molar-refractivity contribution in [3.05, 3.63) is 53.6 Å². The highest BCUT2D eigenvalue weighted by atomic mass is 16.5. The van der Waals surface area contributed by atoms with Crippen LogP contribution in [0, 0.1) is 5.92 Å². The summed E-state index contributed by atoms with van der Waals surface area (Å²) in [4.78, 5) is 12.0. The van der Waals surface area contributed by atoms with Crippen molar-refractivity contribution in [3.8, 4) is 5.75 Å². The molecular weight excluding hydrogens is 274 g/mol. The van der Waals surface area contributed by atoms with Crippen molar-refractivity contribution in [3.63, 3.8) is 0 Å². The number of benzene rings is 2. The number of ether oxygens (including phenoxy) is 1. The molecule has 1 fully saturated rings. The maximum absolute atomic E-state index is 12.0. The Kier molecular flexibility index (Phi) is 3.34. The van der Waals surface area contributed by atoms with Crippen LogP contribution in [-0.4, -0.2) is 12.4 Å². The predicted octanol–water partition coefficient (Wildman–Crippen LogP) is 4.35. The number of anilines is 2. The lowest BCUT2D eigenvalue weighted by Crippen LogP contribution is -2.08.